The molecular formula is C45H62N10O10. The SMILES string of the molecule is N#C[C@@H]1C[C@@H]2C[C@@H]2N1C(=O)CNC(=O)c1ccnc2ccc(OC3CCN(CC4CCN(C(=O)CN5CCN(CC(=O)O)CCN(CC(=O)O)CCN(CC(=O)O)CC5)CC4)CC3)cc12. The van der Waals surface area contributed by atoms with E-state index in [0.717, 1.165) is 51.7 Å². The second-order valence-corrected chi connectivity index (χ2v) is 18.2. The number of pyridine rings is 1. The number of aliphatic carboxylic acids is 3. The average Bonchev–Trinajstić information content (AvgIpc) is 3.94. The van der Waals surface area contributed by atoms with Gasteiger partial charge in [-0.2, -0.15) is 5.26 Å². The monoisotopic (exact) mass is 902 g/mol. The average molecular weight is 903 g/mol. The van der Waals surface area contributed by atoms with E-state index in [-0.39, 0.29) is 62.6 Å². The van der Waals surface area contributed by atoms with Gasteiger partial charge in [-0.25, -0.2) is 0 Å². The van der Waals surface area contributed by atoms with Gasteiger partial charge in [0.1, 0.15) is 17.9 Å². The summed E-state index contributed by atoms with van der Waals surface area (Å²) in [6, 6.07) is 9.07. The number of carbonyl (C=O) groups excluding carboxylic acids is 3. The smallest absolute Gasteiger partial charge is 0.317 e. The summed E-state index contributed by atoms with van der Waals surface area (Å²) in [6.07, 6.45) is 6.62. The number of amides is 3. The molecule has 0 radical (unpaired) electrons. The number of benzene rings is 1. The van der Waals surface area contributed by atoms with Gasteiger partial charge in [0, 0.05) is 103 Å². The first-order valence-corrected chi connectivity index (χ1v) is 22.9. The molecule has 20 heteroatoms. The molecule has 3 amide bonds. The Kier molecular flexibility index (Phi) is 16.2. The molecule has 0 bridgehead atoms. The molecule has 4 saturated heterocycles. The number of nitriles is 1. The molecular weight excluding hydrogens is 841 g/mol. The van der Waals surface area contributed by atoms with Crippen LogP contribution >= 0.6 is 0 Å². The summed E-state index contributed by atoms with van der Waals surface area (Å²) < 4.78 is 6.44. The van der Waals surface area contributed by atoms with Crippen LogP contribution in [0.2, 0.25) is 0 Å². The Morgan fingerprint density at radius 2 is 1.26 bits per heavy atom. The van der Waals surface area contributed by atoms with Crippen LogP contribution in [0.25, 0.3) is 10.9 Å². The summed E-state index contributed by atoms with van der Waals surface area (Å²) in [4.78, 5) is 92.4. The van der Waals surface area contributed by atoms with E-state index in [2.05, 4.69) is 21.3 Å². The second-order valence-electron chi connectivity index (χ2n) is 18.2. The Morgan fingerprint density at radius 1 is 0.692 bits per heavy atom. The number of rotatable bonds is 15. The maximum atomic E-state index is 13.7. The van der Waals surface area contributed by atoms with Gasteiger partial charge >= 0.3 is 17.9 Å². The number of ether oxygens (including phenoxy) is 1. The van der Waals surface area contributed by atoms with Crippen LogP contribution in [0.3, 0.4) is 0 Å². The number of hydrogen-bond donors (Lipinski definition) is 4. The molecule has 4 N–H and O–H groups in total. The molecule has 1 aliphatic carbocycles. The molecule has 65 heavy (non-hydrogen) atoms. The van der Waals surface area contributed by atoms with E-state index >= 15 is 0 Å². The second kappa shape index (κ2) is 22.2. The molecule has 5 heterocycles. The van der Waals surface area contributed by atoms with Crippen LogP contribution in [0.5, 0.6) is 5.75 Å². The molecule has 7 rings (SSSR count). The van der Waals surface area contributed by atoms with E-state index in [1.54, 1.807) is 31.9 Å². The van der Waals surface area contributed by atoms with Crippen LogP contribution < -0.4 is 10.1 Å². The summed E-state index contributed by atoms with van der Waals surface area (Å²) in [5, 5.41) is 41.4. The maximum absolute atomic E-state index is 13.7. The molecule has 0 unspecified atom stereocenters. The maximum Gasteiger partial charge on any atom is 0.317 e. The topological polar surface area (TPSA) is 244 Å². The predicted molar refractivity (Wildman–Crippen MR) is 235 cm³/mol. The van der Waals surface area contributed by atoms with E-state index in [4.69, 9.17) is 4.74 Å². The first kappa shape index (κ1) is 47.5. The van der Waals surface area contributed by atoms with Gasteiger partial charge in [0.25, 0.3) is 5.91 Å². The number of carboxylic acid groups (broad SMARTS) is 3. The highest BCUT2D eigenvalue weighted by Crippen LogP contribution is 2.47. The predicted octanol–water partition coefficient (Wildman–Crippen LogP) is 0.0348. The largest absolute Gasteiger partial charge is 0.490 e. The quantitative estimate of drug-likeness (QED) is 0.184. The number of carboxylic acids is 3. The number of carbonyl (C=O) groups is 6. The Balaban J connectivity index is 0.853. The number of piperidine rings is 3. The van der Waals surface area contributed by atoms with Crippen molar-refractivity contribution in [3.63, 3.8) is 0 Å². The molecule has 1 aromatic heterocycles. The minimum absolute atomic E-state index is 0.000600. The number of nitrogens with one attached hydrogen (secondary N) is 1. The van der Waals surface area contributed by atoms with Gasteiger partial charge in [-0.15, -0.1) is 0 Å². The standard InChI is InChI=1S/C45H62N10O10/c46-24-33-21-32-22-39(32)55(33)40(56)25-48-45(64)36-3-8-47-38-2-1-35(23-37(36)38)65-34-6-9-49(10-7-34)26-31-4-11-54(12-5-31)41(57)27-50-13-15-51(28-42(58)59)17-19-53(30-44(62)63)20-18-52(16-14-50)29-43(60)61/h1-3,8,23,31-34,39H,4-7,9-22,25-30H2,(H,48,64)(H,58,59)(H,60,61)(H,62,63)/t32-,33+,39+/m1/s1. The lowest BCUT2D eigenvalue weighted by atomic mass is 9.95. The Bertz CT molecular complexity index is 2050. The van der Waals surface area contributed by atoms with E-state index in [1.807, 2.05) is 28.0 Å². The van der Waals surface area contributed by atoms with Crippen molar-refractivity contribution in [3.05, 3.63) is 36.0 Å². The Morgan fingerprint density at radius 3 is 1.82 bits per heavy atom. The van der Waals surface area contributed by atoms with E-state index < -0.39 is 23.9 Å². The van der Waals surface area contributed by atoms with Crippen LogP contribution in [0.4, 0.5) is 0 Å². The Labute approximate surface area is 378 Å². The van der Waals surface area contributed by atoms with Gasteiger partial charge in [0.15, 0.2) is 0 Å². The van der Waals surface area contributed by atoms with Crippen molar-refractivity contribution in [2.75, 3.05) is 118 Å². The van der Waals surface area contributed by atoms with Crippen molar-refractivity contribution < 1.29 is 48.8 Å². The zero-order chi connectivity index (χ0) is 46.0. The summed E-state index contributed by atoms with van der Waals surface area (Å²) in [5.41, 5.74) is 1.04. The third-order valence-corrected chi connectivity index (χ3v) is 13.6. The third-order valence-electron chi connectivity index (χ3n) is 13.6. The van der Waals surface area contributed by atoms with Crippen molar-refractivity contribution in [1.82, 2.24) is 44.6 Å². The highest BCUT2D eigenvalue weighted by atomic mass is 16.5. The lowest BCUT2D eigenvalue weighted by Gasteiger charge is -2.38. The van der Waals surface area contributed by atoms with E-state index in [1.165, 1.54) is 0 Å². The first-order chi connectivity index (χ1) is 31.3. The van der Waals surface area contributed by atoms with Crippen LogP contribution in [0.15, 0.2) is 30.5 Å². The van der Waals surface area contributed by atoms with E-state index in [0.29, 0.717) is 106 Å². The fourth-order valence-corrected chi connectivity index (χ4v) is 9.88. The van der Waals surface area contributed by atoms with Gasteiger partial charge in [-0.05, 0) is 74.6 Å². The highest BCUT2D eigenvalue weighted by molar-refractivity contribution is 6.07. The third kappa shape index (κ3) is 13.3. The summed E-state index contributed by atoms with van der Waals surface area (Å²) in [6.45, 7) is 6.05. The van der Waals surface area contributed by atoms with Crippen molar-refractivity contribution in [3.8, 4) is 11.8 Å². The molecule has 3 atom stereocenters. The highest BCUT2D eigenvalue weighted by Gasteiger charge is 2.54. The number of likely N-dealkylation sites (tertiary alicyclic amines) is 3. The molecule has 352 valence electrons. The summed E-state index contributed by atoms with van der Waals surface area (Å²) >= 11 is 0. The molecule has 1 saturated carbocycles. The van der Waals surface area contributed by atoms with Crippen LogP contribution in [0.1, 0.15) is 48.9 Å². The van der Waals surface area contributed by atoms with Crippen LogP contribution in [-0.2, 0) is 24.0 Å². The number of hydrogen-bond acceptors (Lipinski definition) is 14. The zero-order valence-corrected chi connectivity index (χ0v) is 37.0. The summed E-state index contributed by atoms with van der Waals surface area (Å²) in [5.74, 6) is -2.15. The molecule has 20 nitrogen and oxygen atoms in total. The van der Waals surface area contributed by atoms with Gasteiger partial charge in [0.2, 0.25) is 11.8 Å². The Hall–Kier alpha value is -5.46. The molecule has 5 aliphatic rings. The minimum atomic E-state index is -1.01. The van der Waals surface area contributed by atoms with Gasteiger partial charge in [-0.3, -0.25) is 53.4 Å². The van der Waals surface area contributed by atoms with E-state index in [9.17, 15) is 49.3 Å². The summed E-state index contributed by atoms with van der Waals surface area (Å²) in [7, 11) is 0. The van der Waals surface area contributed by atoms with Crippen LogP contribution in [0, 0.1) is 23.2 Å². The van der Waals surface area contributed by atoms with Crippen LogP contribution in [-0.4, -0.2) is 226 Å². The lowest BCUT2D eigenvalue weighted by Crippen LogP contribution is -2.51. The molecule has 5 fully saturated rings. The number of aromatic nitrogens is 1. The van der Waals surface area contributed by atoms with Crippen molar-refractivity contribution in [2.45, 2.75) is 56.7 Å². The number of nitrogens with zero attached hydrogens (tertiary/aromatic N) is 9. The van der Waals surface area contributed by atoms with Crippen molar-refractivity contribution in [2.24, 2.45) is 11.8 Å². The van der Waals surface area contributed by atoms with Crippen molar-refractivity contribution >= 4 is 46.5 Å². The lowest BCUT2D eigenvalue weighted by molar-refractivity contribution is -0.141. The molecule has 4 aliphatic heterocycles. The normalized spacial score (nSPS) is 23.8. The fourth-order valence-electron chi connectivity index (χ4n) is 9.88. The minimum Gasteiger partial charge on any atom is -0.490 e. The molecule has 0 spiro atoms. The number of fused-ring (bicyclic) bond motifs is 2. The van der Waals surface area contributed by atoms with Crippen molar-refractivity contribution in [1.29, 1.82) is 5.26 Å². The van der Waals surface area contributed by atoms with Gasteiger partial charge in [-0.1, -0.05) is 0 Å². The molecule has 1 aromatic carbocycles. The molecule has 2 aromatic rings. The first-order valence-electron chi connectivity index (χ1n) is 22.9. The zero-order valence-electron chi connectivity index (χ0n) is 37.0. The van der Waals surface area contributed by atoms with Gasteiger partial charge < -0.3 is 40.1 Å². The van der Waals surface area contributed by atoms with Gasteiger partial charge in [0.05, 0.1) is 49.9 Å². The fraction of sp³-hybridized carbons (Fsp3) is 0.644.